The van der Waals surface area contributed by atoms with Crippen LogP contribution >= 0.6 is 11.6 Å². The van der Waals surface area contributed by atoms with Crippen LogP contribution < -0.4 is 0 Å². The minimum Gasteiger partial charge on any atom is -0.469 e. The van der Waals surface area contributed by atoms with Gasteiger partial charge in [-0.05, 0) is 92.1 Å². The SMILES string of the molecule is COC(=O)C1(C)CCC2(C)CCC3(C)C(=CC(=O)C4C5(C)CCC(OC(C)=O)C(C)(C)C5CCC43C)C2(O)C1Cl. The quantitative estimate of drug-likeness (QED) is 0.302. The second kappa shape index (κ2) is 8.81. The molecular weight excluding hydrogens is 528 g/mol. The number of rotatable bonds is 2. The van der Waals surface area contributed by atoms with Gasteiger partial charge in [0.1, 0.15) is 11.7 Å². The maximum atomic E-state index is 14.5. The van der Waals surface area contributed by atoms with Crippen molar-refractivity contribution in [1.82, 2.24) is 0 Å². The van der Waals surface area contributed by atoms with Crippen molar-refractivity contribution in [3.8, 4) is 0 Å². The molecule has 224 valence electrons. The first-order valence-corrected chi connectivity index (χ1v) is 15.6. The normalized spacial score (nSPS) is 51.3. The third-order valence-corrected chi connectivity index (χ3v) is 14.5. The number of aliphatic hydroxyl groups is 1. The van der Waals surface area contributed by atoms with Crippen molar-refractivity contribution in [2.45, 2.75) is 124 Å². The first kappa shape index (κ1) is 30.1. The van der Waals surface area contributed by atoms with E-state index in [9.17, 15) is 19.5 Å². The number of allylic oxidation sites excluding steroid dienone is 1. The smallest absolute Gasteiger partial charge is 0.313 e. The molecule has 5 rings (SSSR count). The van der Waals surface area contributed by atoms with Crippen molar-refractivity contribution in [1.29, 1.82) is 0 Å². The molecule has 5 aliphatic carbocycles. The molecule has 10 atom stereocenters. The minimum atomic E-state index is -1.52. The molecule has 0 aromatic heterocycles. The Morgan fingerprint density at radius 3 is 2.17 bits per heavy atom. The second-order valence-electron chi connectivity index (χ2n) is 15.8. The number of carbonyl (C=O) groups is 3. The maximum absolute atomic E-state index is 14.5. The summed E-state index contributed by atoms with van der Waals surface area (Å²) in [7, 11) is 1.37. The van der Waals surface area contributed by atoms with E-state index in [1.807, 2.05) is 0 Å². The largest absolute Gasteiger partial charge is 0.469 e. The van der Waals surface area contributed by atoms with E-state index in [1.54, 1.807) is 13.0 Å². The molecule has 0 aromatic carbocycles. The molecule has 0 heterocycles. The Bertz CT molecular complexity index is 1180. The first-order valence-electron chi connectivity index (χ1n) is 15.2. The van der Waals surface area contributed by atoms with Gasteiger partial charge >= 0.3 is 11.9 Å². The maximum Gasteiger partial charge on any atom is 0.313 e. The summed E-state index contributed by atoms with van der Waals surface area (Å²) in [5.41, 5.74) is -3.80. The molecule has 0 spiro atoms. The van der Waals surface area contributed by atoms with Gasteiger partial charge in [-0.2, -0.15) is 0 Å². The van der Waals surface area contributed by atoms with Gasteiger partial charge in [-0.25, -0.2) is 0 Å². The van der Waals surface area contributed by atoms with Gasteiger partial charge in [0.2, 0.25) is 0 Å². The fourth-order valence-electron chi connectivity index (χ4n) is 11.1. The number of esters is 2. The molecule has 0 aliphatic heterocycles. The van der Waals surface area contributed by atoms with E-state index in [4.69, 9.17) is 21.1 Å². The molecule has 6 nitrogen and oxygen atoms in total. The van der Waals surface area contributed by atoms with E-state index >= 15 is 0 Å². The fourth-order valence-corrected chi connectivity index (χ4v) is 11.7. The standard InChI is InChI=1S/C33H49ClO6/c1-19(35)40-23-11-12-29(5)21(27(23,2)3)10-13-32(8)24(29)20(36)18-22-31(32,7)17-15-28(4)14-16-30(6,26(37)39-9)25(34)33(22,28)38/h18,21,23-25,38H,10-17H2,1-9H3. The van der Waals surface area contributed by atoms with E-state index in [-0.39, 0.29) is 40.5 Å². The molecule has 10 unspecified atom stereocenters. The van der Waals surface area contributed by atoms with Crippen LogP contribution in [0, 0.1) is 44.3 Å². The number of hydrogen-bond acceptors (Lipinski definition) is 6. The molecule has 7 heteroatoms. The summed E-state index contributed by atoms with van der Waals surface area (Å²) in [6, 6.07) is 0. The molecule has 4 saturated carbocycles. The molecule has 4 fully saturated rings. The Labute approximate surface area is 245 Å². The number of ketones is 1. The lowest BCUT2D eigenvalue weighted by atomic mass is 9.32. The number of methoxy groups -OCH3 is 1. The number of alkyl halides is 1. The van der Waals surface area contributed by atoms with Crippen molar-refractivity contribution >= 4 is 29.3 Å². The van der Waals surface area contributed by atoms with Crippen molar-refractivity contribution in [3.63, 3.8) is 0 Å². The highest BCUT2D eigenvalue weighted by molar-refractivity contribution is 6.24. The Balaban J connectivity index is 1.64. The van der Waals surface area contributed by atoms with E-state index in [1.165, 1.54) is 14.0 Å². The van der Waals surface area contributed by atoms with Crippen LogP contribution in [0.15, 0.2) is 11.6 Å². The van der Waals surface area contributed by atoms with Crippen molar-refractivity contribution in [2.75, 3.05) is 7.11 Å². The summed E-state index contributed by atoms with van der Waals surface area (Å²) in [5, 5.41) is 12.0. The molecular formula is C33H49ClO6. The monoisotopic (exact) mass is 576 g/mol. The Morgan fingerprint density at radius 2 is 1.57 bits per heavy atom. The third kappa shape index (κ3) is 3.41. The number of halogens is 1. The second-order valence-corrected chi connectivity index (χ2v) is 16.2. The molecule has 0 aromatic rings. The number of carbonyl (C=O) groups excluding carboxylic acids is 3. The molecule has 5 aliphatic rings. The zero-order chi connectivity index (χ0) is 29.9. The molecule has 1 N–H and O–H groups in total. The van der Waals surface area contributed by atoms with Crippen LogP contribution in [0.2, 0.25) is 0 Å². The zero-order valence-corrected chi connectivity index (χ0v) is 26.7. The van der Waals surface area contributed by atoms with Gasteiger partial charge in [0.25, 0.3) is 0 Å². The van der Waals surface area contributed by atoms with E-state index in [0.29, 0.717) is 12.8 Å². The van der Waals surface area contributed by atoms with E-state index < -0.39 is 38.6 Å². The van der Waals surface area contributed by atoms with Crippen LogP contribution in [-0.4, -0.2) is 47.0 Å². The molecule has 40 heavy (non-hydrogen) atoms. The lowest BCUT2D eigenvalue weighted by Gasteiger charge is -2.72. The first-order chi connectivity index (χ1) is 18.3. The average molecular weight is 577 g/mol. The lowest BCUT2D eigenvalue weighted by Crippen LogP contribution is -2.73. The van der Waals surface area contributed by atoms with Gasteiger partial charge in [0.05, 0.1) is 17.9 Å². The van der Waals surface area contributed by atoms with E-state index in [0.717, 1.165) is 44.1 Å². The van der Waals surface area contributed by atoms with Crippen LogP contribution in [0.25, 0.3) is 0 Å². The lowest BCUT2D eigenvalue weighted by molar-refractivity contribution is -0.222. The summed E-state index contributed by atoms with van der Waals surface area (Å²) < 4.78 is 11.0. The van der Waals surface area contributed by atoms with Crippen LogP contribution in [0.3, 0.4) is 0 Å². The Kier molecular flexibility index (Phi) is 6.63. The number of hydrogen-bond donors (Lipinski definition) is 1. The van der Waals surface area contributed by atoms with Crippen LogP contribution in [0.1, 0.15) is 107 Å². The molecule has 0 bridgehead atoms. The molecule has 0 amide bonds. The Morgan fingerprint density at radius 1 is 0.950 bits per heavy atom. The van der Waals surface area contributed by atoms with E-state index in [2.05, 4.69) is 41.5 Å². The fraction of sp³-hybridized carbons (Fsp3) is 0.848. The van der Waals surface area contributed by atoms with Gasteiger partial charge in [0.15, 0.2) is 5.78 Å². The van der Waals surface area contributed by atoms with Crippen molar-refractivity contribution < 1.29 is 29.0 Å². The Hall–Kier alpha value is -1.40. The van der Waals surface area contributed by atoms with Crippen LogP contribution in [0.5, 0.6) is 0 Å². The predicted molar refractivity (Wildman–Crippen MR) is 153 cm³/mol. The number of ether oxygens (including phenoxy) is 2. The highest BCUT2D eigenvalue weighted by Crippen LogP contribution is 2.76. The van der Waals surface area contributed by atoms with Crippen LogP contribution in [-0.2, 0) is 23.9 Å². The average Bonchev–Trinajstić information content (AvgIpc) is 2.86. The van der Waals surface area contributed by atoms with Gasteiger partial charge < -0.3 is 14.6 Å². The zero-order valence-electron chi connectivity index (χ0n) is 25.9. The van der Waals surface area contributed by atoms with Gasteiger partial charge in [-0.15, -0.1) is 11.6 Å². The van der Waals surface area contributed by atoms with Gasteiger partial charge in [-0.3, -0.25) is 14.4 Å². The van der Waals surface area contributed by atoms with Crippen LogP contribution in [0.4, 0.5) is 0 Å². The minimum absolute atomic E-state index is 0.0656. The molecule has 0 saturated heterocycles. The number of fused-ring (bicyclic) bond motifs is 7. The summed E-state index contributed by atoms with van der Waals surface area (Å²) in [5.74, 6) is -0.606. The third-order valence-electron chi connectivity index (χ3n) is 13.7. The van der Waals surface area contributed by atoms with Crippen molar-refractivity contribution in [3.05, 3.63) is 11.6 Å². The summed E-state index contributed by atoms with van der Waals surface area (Å²) in [4.78, 5) is 39.5. The summed E-state index contributed by atoms with van der Waals surface area (Å²) >= 11 is 7.24. The highest BCUT2D eigenvalue weighted by Gasteiger charge is 2.75. The van der Waals surface area contributed by atoms with Gasteiger partial charge in [0, 0.05) is 23.7 Å². The molecule has 0 radical (unpaired) electrons. The predicted octanol–water partition coefficient (Wildman–Crippen LogP) is 6.40. The van der Waals surface area contributed by atoms with Crippen molar-refractivity contribution in [2.24, 2.45) is 44.3 Å². The topological polar surface area (TPSA) is 89.9 Å². The van der Waals surface area contributed by atoms with Gasteiger partial charge in [-0.1, -0.05) is 41.5 Å². The summed E-state index contributed by atoms with van der Waals surface area (Å²) in [6.07, 6.45) is 7.67. The summed E-state index contributed by atoms with van der Waals surface area (Å²) in [6.45, 7) is 16.5. The highest BCUT2D eigenvalue weighted by atomic mass is 35.5.